The van der Waals surface area contributed by atoms with Gasteiger partial charge in [-0.15, -0.1) is 0 Å². The molecule has 1 aromatic heterocycles. The van der Waals surface area contributed by atoms with E-state index in [0.29, 0.717) is 17.9 Å². The van der Waals surface area contributed by atoms with Crippen LogP contribution in [-0.2, 0) is 22.6 Å². The number of H-pyrrole nitrogens is 1. The molecule has 0 saturated carbocycles. The highest BCUT2D eigenvalue weighted by atomic mass is 19.1. The molecule has 2 amide bonds. The van der Waals surface area contributed by atoms with Gasteiger partial charge < -0.3 is 24.3 Å². The molecule has 2 unspecified atom stereocenters. The summed E-state index contributed by atoms with van der Waals surface area (Å²) >= 11 is 0. The van der Waals surface area contributed by atoms with Gasteiger partial charge in [0.1, 0.15) is 18.4 Å². The highest BCUT2D eigenvalue weighted by Gasteiger charge is 2.48. The van der Waals surface area contributed by atoms with Gasteiger partial charge >= 0.3 is 0 Å². The molecule has 0 bridgehead atoms. The quantitative estimate of drug-likeness (QED) is 0.447. The molecule has 3 aromatic carbocycles. The molecule has 8 heteroatoms. The number of aromatic nitrogens is 1. The van der Waals surface area contributed by atoms with Gasteiger partial charge in [0.25, 0.3) is 0 Å². The third-order valence-corrected chi connectivity index (χ3v) is 7.35. The van der Waals surface area contributed by atoms with Crippen molar-refractivity contribution in [1.29, 1.82) is 0 Å². The van der Waals surface area contributed by atoms with E-state index in [0.717, 1.165) is 33.3 Å². The molecule has 0 spiro atoms. The number of methoxy groups -OCH3 is 2. The molecule has 7 nitrogen and oxygen atoms in total. The molecular formula is C29H26FN3O4. The van der Waals surface area contributed by atoms with Crippen LogP contribution in [0.25, 0.3) is 10.9 Å². The van der Waals surface area contributed by atoms with Crippen molar-refractivity contribution in [2.45, 2.75) is 25.0 Å². The number of benzene rings is 3. The zero-order chi connectivity index (χ0) is 25.7. The summed E-state index contributed by atoms with van der Waals surface area (Å²) in [4.78, 5) is 34.4. The molecule has 1 fully saturated rings. The third-order valence-electron chi connectivity index (χ3n) is 7.35. The van der Waals surface area contributed by atoms with E-state index in [4.69, 9.17) is 9.47 Å². The first-order valence-corrected chi connectivity index (χ1v) is 12.1. The Kier molecular flexibility index (Phi) is 5.59. The minimum Gasteiger partial charge on any atom is -0.493 e. The fraction of sp³-hybridized carbons (Fsp3) is 0.241. The Balaban J connectivity index is 1.46. The smallest absolute Gasteiger partial charge is 0.246 e. The van der Waals surface area contributed by atoms with Crippen LogP contribution in [0.5, 0.6) is 11.5 Å². The van der Waals surface area contributed by atoms with Crippen molar-refractivity contribution in [2.75, 3.05) is 20.8 Å². The lowest BCUT2D eigenvalue weighted by molar-refractivity contribution is -0.159. The van der Waals surface area contributed by atoms with Gasteiger partial charge in [0.2, 0.25) is 11.8 Å². The van der Waals surface area contributed by atoms with Gasteiger partial charge in [-0.25, -0.2) is 4.39 Å². The van der Waals surface area contributed by atoms with E-state index in [9.17, 15) is 14.0 Å². The van der Waals surface area contributed by atoms with Crippen molar-refractivity contribution in [3.8, 4) is 11.5 Å². The van der Waals surface area contributed by atoms with E-state index in [1.807, 2.05) is 42.5 Å². The SMILES string of the molecule is COc1ccc(C2c3[nH]c4ccccc4c3CC3C(=O)N(Cc4ccc(F)cc4)CC(=O)N32)cc1OC. The lowest BCUT2D eigenvalue weighted by Crippen LogP contribution is -2.62. The van der Waals surface area contributed by atoms with Crippen molar-refractivity contribution in [2.24, 2.45) is 0 Å². The van der Waals surface area contributed by atoms with Gasteiger partial charge in [0.05, 0.1) is 20.3 Å². The summed E-state index contributed by atoms with van der Waals surface area (Å²) in [6.07, 6.45) is 0.410. The summed E-state index contributed by atoms with van der Waals surface area (Å²) in [5, 5.41) is 1.04. The third kappa shape index (κ3) is 3.80. The van der Waals surface area contributed by atoms with Crippen LogP contribution in [0.1, 0.15) is 28.4 Å². The molecule has 0 aliphatic carbocycles. The predicted octanol–water partition coefficient (Wildman–Crippen LogP) is 4.21. The van der Waals surface area contributed by atoms with E-state index < -0.39 is 12.1 Å². The number of nitrogens with one attached hydrogen (secondary N) is 1. The van der Waals surface area contributed by atoms with Crippen LogP contribution in [0.3, 0.4) is 0 Å². The fourth-order valence-electron chi connectivity index (χ4n) is 5.64. The van der Waals surface area contributed by atoms with Crippen molar-refractivity contribution in [3.05, 3.63) is 94.9 Å². The van der Waals surface area contributed by atoms with Crippen LogP contribution in [0.15, 0.2) is 66.7 Å². The Morgan fingerprint density at radius 1 is 0.973 bits per heavy atom. The number of nitrogens with zero attached hydrogens (tertiary/aromatic N) is 2. The lowest BCUT2D eigenvalue weighted by atomic mass is 9.86. The molecule has 6 rings (SSSR count). The van der Waals surface area contributed by atoms with Crippen molar-refractivity contribution < 1.29 is 23.5 Å². The van der Waals surface area contributed by atoms with Crippen LogP contribution >= 0.6 is 0 Å². The summed E-state index contributed by atoms with van der Waals surface area (Å²) < 4.78 is 24.4. The second-order valence-electron chi connectivity index (χ2n) is 9.42. The van der Waals surface area contributed by atoms with E-state index in [2.05, 4.69) is 4.98 Å². The number of hydrogen-bond acceptors (Lipinski definition) is 4. The van der Waals surface area contributed by atoms with E-state index in [1.165, 1.54) is 12.1 Å². The van der Waals surface area contributed by atoms with Crippen LogP contribution in [-0.4, -0.2) is 53.4 Å². The van der Waals surface area contributed by atoms with Crippen LogP contribution < -0.4 is 9.47 Å². The summed E-state index contributed by atoms with van der Waals surface area (Å²) in [6.45, 7) is 0.197. The maximum atomic E-state index is 13.8. The topological polar surface area (TPSA) is 74.9 Å². The molecule has 1 saturated heterocycles. The number of piperazine rings is 1. The minimum atomic E-state index is -0.661. The van der Waals surface area contributed by atoms with E-state index in [-0.39, 0.29) is 30.7 Å². The molecule has 4 aromatic rings. The molecule has 1 N–H and O–H groups in total. The standard InChI is InChI=1S/C29H26FN3O4/c1-36-24-12-9-18(13-25(24)37-2)28-27-21(20-5-3-4-6-22(20)31-27)14-23-29(35)32(16-26(34)33(23)28)15-17-7-10-19(30)11-8-17/h3-13,23,28,31H,14-16H2,1-2H3. The summed E-state index contributed by atoms with van der Waals surface area (Å²) in [5.41, 5.74) is 4.49. The van der Waals surface area contributed by atoms with Gasteiger partial charge in [-0.05, 0) is 47.0 Å². The zero-order valence-electron chi connectivity index (χ0n) is 20.5. The summed E-state index contributed by atoms with van der Waals surface area (Å²) in [7, 11) is 3.15. The van der Waals surface area contributed by atoms with Crippen LogP contribution in [0.2, 0.25) is 0 Å². The first-order valence-electron chi connectivity index (χ1n) is 12.1. The number of hydrogen-bond donors (Lipinski definition) is 1. The van der Waals surface area contributed by atoms with Gasteiger partial charge in [0.15, 0.2) is 11.5 Å². The zero-order valence-corrected chi connectivity index (χ0v) is 20.5. The van der Waals surface area contributed by atoms with Gasteiger partial charge in [-0.2, -0.15) is 0 Å². The number of rotatable bonds is 5. The van der Waals surface area contributed by atoms with Gasteiger partial charge in [0, 0.05) is 29.6 Å². The molecular weight excluding hydrogens is 473 g/mol. The van der Waals surface area contributed by atoms with Crippen LogP contribution in [0, 0.1) is 5.82 Å². The number of halogens is 1. The predicted molar refractivity (Wildman–Crippen MR) is 136 cm³/mol. The van der Waals surface area contributed by atoms with Crippen LogP contribution in [0.4, 0.5) is 4.39 Å². The second-order valence-corrected chi connectivity index (χ2v) is 9.42. The molecule has 2 aliphatic heterocycles. The second kappa shape index (κ2) is 8.96. The first-order chi connectivity index (χ1) is 18.0. The van der Waals surface area contributed by atoms with Gasteiger partial charge in [-0.3, -0.25) is 9.59 Å². The van der Waals surface area contributed by atoms with E-state index in [1.54, 1.807) is 36.2 Å². The fourth-order valence-corrected chi connectivity index (χ4v) is 5.64. The highest BCUT2D eigenvalue weighted by Crippen LogP contribution is 2.44. The number of aromatic amines is 1. The van der Waals surface area contributed by atoms with Crippen molar-refractivity contribution in [1.82, 2.24) is 14.8 Å². The first kappa shape index (κ1) is 23.1. The Morgan fingerprint density at radius 3 is 2.49 bits per heavy atom. The van der Waals surface area contributed by atoms with Crippen molar-refractivity contribution in [3.63, 3.8) is 0 Å². The summed E-state index contributed by atoms with van der Waals surface area (Å²) in [6, 6.07) is 18.4. The number of amides is 2. The Labute approximate surface area is 213 Å². The number of ether oxygens (including phenoxy) is 2. The number of carbonyl (C=O) groups excluding carboxylic acids is 2. The maximum Gasteiger partial charge on any atom is 0.246 e. The molecule has 2 aliphatic rings. The maximum absolute atomic E-state index is 13.8. The van der Waals surface area contributed by atoms with E-state index >= 15 is 0 Å². The highest BCUT2D eigenvalue weighted by molar-refractivity contribution is 5.97. The Hall–Kier alpha value is -4.33. The molecule has 37 heavy (non-hydrogen) atoms. The minimum absolute atomic E-state index is 0.0495. The molecule has 3 heterocycles. The normalized spacial score (nSPS) is 19.1. The summed E-state index contributed by atoms with van der Waals surface area (Å²) in [5.74, 6) is 0.532. The monoisotopic (exact) mass is 499 g/mol. The number of fused-ring (bicyclic) bond motifs is 4. The average Bonchev–Trinajstić information content (AvgIpc) is 3.29. The Bertz CT molecular complexity index is 1510. The number of para-hydroxylation sites is 1. The van der Waals surface area contributed by atoms with Gasteiger partial charge in [-0.1, -0.05) is 36.4 Å². The lowest BCUT2D eigenvalue weighted by Gasteiger charge is -2.47. The van der Waals surface area contributed by atoms with Crippen molar-refractivity contribution >= 4 is 22.7 Å². The average molecular weight is 500 g/mol. The largest absolute Gasteiger partial charge is 0.493 e. The number of carbonyl (C=O) groups is 2. The molecule has 0 radical (unpaired) electrons. The molecule has 2 atom stereocenters. The molecule has 188 valence electrons. The Morgan fingerprint density at radius 2 is 1.73 bits per heavy atom.